The van der Waals surface area contributed by atoms with Gasteiger partial charge in [0, 0.05) is 19.5 Å². The molecule has 1 amide bonds. The highest BCUT2D eigenvalue weighted by Crippen LogP contribution is 2.22. The first kappa shape index (κ1) is 11.3. The number of β-amino-alcohol motifs (C(OH)–C–C–N with tert-alkyl or cyclic N) is 1. The molecule has 6 nitrogen and oxygen atoms in total. The Balaban J connectivity index is 2.06. The Morgan fingerprint density at radius 2 is 2.12 bits per heavy atom. The molecule has 90 valence electrons. The van der Waals surface area contributed by atoms with Gasteiger partial charge in [-0.25, -0.2) is 4.79 Å². The Kier molecular flexibility index (Phi) is 3.11. The highest BCUT2D eigenvalue weighted by atomic mass is 16.4. The number of carboxylic acids is 1. The van der Waals surface area contributed by atoms with Crippen LogP contribution in [-0.2, 0) is 9.59 Å². The van der Waals surface area contributed by atoms with Gasteiger partial charge in [-0.15, -0.1) is 0 Å². The zero-order chi connectivity index (χ0) is 11.7. The van der Waals surface area contributed by atoms with Gasteiger partial charge in [-0.1, -0.05) is 0 Å². The lowest BCUT2D eigenvalue weighted by Gasteiger charge is -2.24. The van der Waals surface area contributed by atoms with Gasteiger partial charge in [-0.2, -0.15) is 0 Å². The van der Waals surface area contributed by atoms with E-state index in [0.717, 1.165) is 13.0 Å². The van der Waals surface area contributed by atoms with Crippen molar-refractivity contribution in [1.29, 1.82) is 0 Å². The van der Waals surface area contributed by atoms with Crippen LogP contribution in [0.3, 0.4) is 0 Å². The molecule has 0 saturated carbocycles. The molecule has 0 aromatic rings. The molecule has 0 aromatic heterocycles. The van der Waals surface area contributed by atoms with E-state index in [4.69, 9.17) is 5.11 Å². The quantitative estimate of drug-likeness (QED) is 0.543. The maximum Gasteiger partial charge on any atom is 0.326 e. The van der Waals surface area contributed by atoms with E-state index in [1.165, 1.54) is 4.90 Å². The van der Waals surface area contributed by atoms with Crippen molar-refractivity contribution < 1.29 is 19.8 Å². The molecule has 0 aromatic carbocycles. The first-order valence-corrected chi connectivity index (χ1v) is 5.51. The third kappa shape index (κ3) is 2.03. The topological polar surface area (TPSA) is 89.9 Å². The normalized spacial score (nSPS) is 34.3. The number of carbonyl (C=O) groups excluding carboxylic acids is 1. The van der Waals surface area contributed by atoms with Gasteiger partial charge >= 0.3 is 5.97 Å². The summed E-state index contributed by atoms with van der Waals surface area (Å²) in [5.41, 5.74) is 0. The number of amides is 1. The number of carbonyl (C=O) groups is 2. The van der Waals surface area contributed by atoms with Crippen LogP contribution in [0.4, 0.5) is 0 Å². The zero-order valence-corrected chi connectivity index (χ0v) is 8.93. The summed E-state index contributed by atoms with van der Waals surface area (Å²) < 4.78 is 0. The number of aliphatic hydroxyl groups is 1. The first-order chi connectivity index (χ1) is 7.59. The minimum atomic E-state index is -1.03. The van der Waals surface area contributed by atoms with E-state index in [9.17, 15) is 14.7 Å². The van der Waals surface area contributed by atoms with E-state index >= 15 is 0 Å². The minimum absolute atomic E-state index is 0.132. The smallest absolute Gasteiger partial charge is 0.326 e. The van der Waals surface area contributed by atoms with Crippen molar-refractivity contribution in [2.45, 2.75) is 25.0 Å². The lowest BCUT2D eigenvalue weighted by Crippen LogP contribution is -2.44. The molecular weight excluding hydrogens is 212 g/mol. The molecule has 3 N–H and O–H groups in total. The summed E-state index contributed by atoms with van der Waals surface area (Å²) in [6, 6.07) is -0.858. The summed E-state index contributed by atoms with van der Waals surface area (Å²) >= 11 is 0. The van der Waals surface area contributed by atoms with Gasteiger partial charge in [0.1, 0.15) is 6.04 Å². The lowest BCUT2D eigenvalue weighted by molar-refractivity contribution is -0.149. The molecular formula is C10H16N2O4. The van der Waals surface area contributed by atoms with Gasteiger partial charge < -0.3 is 20.4 Å². The Bertz CT molecular complexity index is 301. The third-order valence-electron chi connectivity index (χ3n) is 3.26. The zero-order valence-electron chi connectivity index (χ0n) is 8.93. The van der Waals surface area contributed by atoms with Crippen LogP contribution in [0.2, 0.25) is 0 Å². The number of aliphatic carboxylic acids is 1. The number of rotatable bonds is 2. The van der Waals surface area contributed by atoms with Crippen LogP contribution < -0.4 is 5.32 Å². The van der Waals surface area contributed by atoms with Gasteiger partial charge in [0.15, 0.2) is 0 Å². The van der Waals surface area contributed by atoms with Crippen molar-refractivity contribution in [3.8, 4) is 0 Å². The van der Waals surface area contributed by atoms with Crippen molar-refractivity contribution >= 4 is 11.9 Å². The first-order valence-electron chi connectivity index (χ1n) is 5.51. The second-order valence-electron chi connectivity index (χ2n) is 4.42. The standard InChI is InChI=1S/C10H16N2O4/c13-7-3-8(10(15)16)12(5-7)9(14)6-1-2-11-4-6/h6-8,11,13H,1-5H2,(H,15,16)/t6?,7-,8+/m1/s1. The monoisotopic (exact) mass is 228 g/mol. The number of aliphatic hydroxyl groups excluding tert-OH is 1. The SMILES string of the molecule is O=C(O)[C@@H]1C[C@@H](O)CN1C(=O)C1CCNC1. The molecule has 16 heavy (non-hydrogen) atoms. The van der Waals surface area contributed by atoms with Crippen LogP contribution in [0.1, 0.15) is 12.8 Å². The van der Waals surface area contributed by atoms with Crippen LogP contribution in [0.5, 0.6) is 0 Å². The van der Waals surface area contributed by atoms with Crippen molar-refractivity contribution in [1.82, 2.24) is 10.2 Å². The number of likely N-dealkylation sites (tertiary alicyclic amines) is 1. The number of hydrogen-bond acceptors (Lipinski definition) is 4. The van der Waals surface area contributed by atoms with Crippen LogP contribution in [0.15, 0.2) is 0 Å². The van der Waals surface area contributed by atoms with Crippen LogP contribution in [0, 0.1) is 5.92 Å². The number of nitrogens with zero attached hydrogens (tertiary/aromatic N) is 1. The molecule has 0 spiro atoms. The van der Waals surface area contributed by atoms with E-state index in [2.05, 4.69) is 5.32 Å². The molecule has 6 heteroatoms. The maximum atomic E-state index is 12.0. The van der Waals surface area contributed by atoms with Crippen LogP contribution in [0.25, 0.3) is 0 Å². The summed E-state index contributed by atoms with van der Waals surface area (Å²) in [4.78, 5) is 24.3. The number of hydrogen-bond donors (Lipinski definition) is 3. The van der Waals surface area contributed by atoms with Gasteiger partial charge in [0.2, 0.25) is 5.91 Å². The molecule has 2 rings (SSSR count). The van der Waals surface area contributed by atoms with E-state index < -0.39 is 18.1 Å². The molecule has 1 unspecified atom stereocenters. The van der Waals surface area contributed by atoms with Crippen molar-refractivity contribution in [2.75, 3.05) is 19.6 Å². The fourth-order valence-corrected chi connectivity index (χ4v) is 2.39. The third-order valence-corrected chi connectivity index (χ3v) is 3.26. The van der Waals surface area contributed by atoms with Crippen molar-refractivity contribution in [3.05, 3.63) is 0 Å². The largest absolute Gasteiger partial charge is 0.480 e. The second-order valence-corrected chi connectivity index (χ2v) is 4.42. The van der Waals surface area contributed by atoms with Crippen LogP contribution in [-0.4, -0.2) is 58.8 Å². The van der Waals surface area contributed by atoms with Gasteiger partial charge in [0.05, 0.1) is 12.0 Å². The Labute approximate surface area is 93.2 Å². The molecule has 2 fully saturated rings. The predicted molar refractivity (Wildman–Crippen MR) is 54.7 cm³/mol. The van der Waals surface area contributed by atoms with E-state index in [1.807, 2.05) is 0 Å². The Hall–Kier alpha value is -1.14. The Morgan fingerprint density at radius 3 is 2.69 bits per heavy atom. The van der Waals surface area contributed by atoms with Crippen LogP contribution >= 0.6 is 0 Å². The average Bonchev–Trinajstić information content (AvgIpc) is 2.84. The highest BCUT2D eigenvalue weighted by molar-refractivity contribution is 5.86. The molecule has 0 aliphatic carbocycles. The summed E-state index contributed by atoms with van der Waals surface area (Å²) in [5.74, 6) is -1.31. The number of carboxylic acid groups (broad SMARTS) is 1. The highest BCUT2D eigenvalue weighted by Gasteiger charge is 2.41. The minimum Gasteiger partial charge on any atom is -0.480 e. The molecule has 2 heterocycles. The van der Waals surface area contributed by atoms with Crippen molar-refractivity contribution in [3.63, 3.8) is 0 Å². The average molecular weight is 228 g/mol. The van der Waals surface area contributed by atoms with E-state index in [-0.39, 0.29) is 24.8 Å². The summed E-state index contributed by atoms with van der Waals surface area (Å²) in [5, 5.41) is 21.5. The summed E-state index contributed by atoms with van der Waals surface area (Å²) in [6.07, 6.45) is 0.179. The van der Waals surface area contributed by atoms with E-state index in [0.29, 0.717) is 6.54 Å². The molecule has 2 aliphatic heterocycles. The molecule has 2 saturated heterocycles. The predicted octanol–water partition coefficient (Wildman–Crippen LogP) is -1.36. The number of nitrogens with one attached hydrogen (secondary N) is 1. The van der Waals surface area contributed by atoms with Gasteiger partial charge in [-0.05, 0) is 13.0 Å². The molecule has 0 radical (unpaired) electrons. The fraction of sp³-hybridized carbons (Fsp3) is 0.800. The summed E-state index contributed by atoms with van der Waals surface area (Å²) in [7, 11) is 0. The fourth-order valence-electron chi connectivity index (χ4n) is 2.39. The van der Waals surface area contributed by atoms with E-state index in [1.54, 1.807) is 0 Å². The Morgan fingerprint density at radius 1 is 1.38 bits per heavy atom. The molecule has 3 atom stereocenters. The molecule has 2 aliphatic rings. The van der Waals surface area contributed by atoms with Crippen molar-refractivity contribution in [2.24, 2.45) is 5.92 Å². The summed E-state index contributed by atoms with van der Waals surface area (Å²) in [6.45, 7) is 1.55. The second kappa shape index (κ2) is 4.39. The van der Waals surface area contributed by atoms with Gasteiger partial charge in [0.25, 0.3) is 0 Å². The van der Waals surface area contributed by atoms with Gasteiger partial charge in [-0.3, -0.25) is 4.79 Å². The lowest BCUT2D eigenvalue weighted by atomic mass is 10.1. The molecule has 0 bridgehead atoms. The maximum absolute atomic E-state index is 12.0.